The number of aryl methyl sites for hydroxylation is 1. The van der Waals surface area contributed by atoms with Gasteiger partial charge in [0, 0.05) is 38.2 Å². The van der Waals surface area contributed by atoms with E-state index in [4.69, 9.17) is 9.47 Å². The lowest BCUT2D eigenvalue weighted by Gasteiger charge is -2.35. The second-order valence-electron chi connectivity index (χ2n) is 7.50. The van der Waals surface area contributed by atoms with Crippen LogP contribution in [0.3, 0.4) is 0 Å². The van der Waals surface area contributed by atoms with Gasteiger partial charge in [0.1, 0.15) is 0 Å². The Morgan fingerprint density at radius 3 is 2.09 bits per heavy atom. The van der Waals surface area contributed by atoms with Gasteiger partial charge in [-0.2, -0.15) is 0 Å². The molecule has 0 saturated carbocycles. The molecular weight excluding hydrogens is 410 g/mol. The van der Waals surface area contributed by atoms with E-state index in [1.54, 1.807) is 48.3 Å². The molecule has 0 spiro atoms. The number of benzene rings is 2. The molecule has 2 aromatic rings. The molecule has 0 aliphatic carbocycles. The van der Waals surface area contributed by atoms with Crippen LogP contribution in [0.25, 0.3) is 0 Å². The first-order valence-electron chi connectivity index (χ1n) is 10.6. The van der Waals surface area contributed by atoms with Crippen LogP contribution in [-0.2, 0) is 16.0 Å². The first-order valence-corrected chi connectivity index (χ1v) is 10.6. The molecule has 0 atom stereocenters. The molecule has 3 amide bonds. The standard InChI is InChI=1S/C24H29N3O5/c1-31-20-10-8-18(16-21(20)32-2)9-11-22(28)26-12-14-27(15-13-26)23(29)17-25-24(30)19-6-4-3-5-7-19/h3-8,10,16H,9,11-15,17H2,1-2H3,(H,25,30). The van der Waals surface area contributed by atoms with Crippen LogP contribution in [-0.4, -0.2) is 74.5 Å². The van der Waals surface area contributed by atoms with E-state index in [1.807, 2.05) is 24.3 Å². The second-order valence-corrected chi connectivity index (χ2v) is 7.50. The Kier molecular flexibility index (Phi) is 8.08. The van der Waals surface area contributed by atoms with Crippen LogP contribution in [0.1, 0.15) is 22.3 Å². The van der Waals surface area contributed by atoms with Gasteiger partial charge in [0.25, 0.3) is 5.91 Å². The monoisotopic (exact) mass is 439 g/mol. The minimum atomic E-state index is -0.275. The highest BCUT2D eigenvalue weighted by Crippen LogP contribution is 2.28. The number of nitrogens with one attached hydrogen (secondary N) is 1. The Labute approximate surface area is 188 Å². The summed E-state index contributed by atoms with van der Waals surface area (Å²) in [5, 5.41) is 2.66. The maximum Gasteiger partial charge on any atom is 0.251 e. The summed E-state index contributed by atoms with van der Waals surface area (Å²) in [6.45, 7) is 1.84. The minimum Gasteiger partial charge on any atom is -0.493 e. The molecule has 1 aliphatic rings. The summed E-state index contributed by atoms with van der Waals surface area (Å²) in [6, 6.07) is 14.4. The lowest BCUT2D eigenvalue weighted by Crippen LogP contribution is -2.52. The average Bonchev–Trinajstić information content (AvgIpc) is 2.85. The summed E-state index contributed by atoms with van der Waals surface area (Å²) in [7, 11) is 3.17. The Bertz CT molecular complexity index is 940. The van der Waals surface area contributed by atoms with Crippen molar-refractivity contribution in [2.75, 3.05) is 46.9 Å². The highest BCUT2D eigenvalue weighted by molar-refractivity contribution is 5.96. The summed E-state index contributed by atoms with van der Waals surface area (Å²) in [5.74, 6) is 0.936. The molecule has 0 aromatic heterocycles. The van der Waals surface area contributed by atoms with Gasteiger partial charge in [-0.05, 0) is 36.2 Å². The third-order valence-corrected chi connectivity index (χ3v) is 5.50. The van der Waals surface area contributed by atoms with Gasteiger partial charge in [0.2, 0.25) is 11.8 Å². The van der Waals surface area contributed by atoms with Gasteiger partial charge >= 0.3 is 0 Å². The van der Waals surface area contributed by atoms with Crippen LogP contribution >= 0.6 is 0 Å². The molecule has 3 rings (SSSR count). The van der Waals surface area contributed by atoms with Crippen molar-refractivity contribution >= 4 is 17.7 Å². The predicted octanol–water partition coefficient (Wildman–Crippen LogP) is 1.74. The quantitative estimate of drug-likeness (QED) is 0.677. The summed E-state index contributed by atoms with van der Waals surface area (Å²) >= 11 is 0. The van der Waals surface area contributed by atoms with Crippen molar-refractivity contribution in [2.24, 2.45) is 0 Å². The number of ether oxygens (including phenoxy) is 2. The van der Waals surface area contributed by atoms with Crippen molar-refractivity contribution < 1.29 is 23.9 Å². The molecular formula is C24H29N3O5. The van der Waals surface area contributed by atoms with Crippen LogP contribution in [0.15, 0.2) is 48.5 Å². The number of hydrogen-bond acceptors (Lipinski definition) is 5. The summed E-state index contributed by atoms with van der Waals surface area (Å²) in [6.07, 6.45) is 0.987. The van der Waals surface area contributed by atoms with Crippen LogP contribution < -0.4 is 14.8 Å². The first-order chi connectivity index (χ1) is 15.5. The highest BCUT2D eigenvalue weighted by atomic mass is 16.5. The minimum absolute atomic E-state index is 0.0546. The zero-order chi connectivity index (χ0) is 22.9. The fourth-order valence-electron chi connectivity index (χ4n) is 3.61. The molecule has 32 heavy (non-hydrogen) atoms. The van der Waals surface area contributed by atoms with E-state index >= 15 is 0 Å². The van der Waals surface area contributed by atoms with Gasteiger partial charge in [-0.1, -0.05) is 24.3 Å². The van der Waals surface area contributed by atoms with Crippen LogP contribution in [0.4, 0.5) is 0 Å². The van der Waals surface area contributed by atoms with Crippen molar-refractivity contribution in [1.29, 1.82) is 0 Å². The Hall–Kier alpha value is -3.55. The van der Waals surface area contributed by atoms with Gasteiger partial charge in [-0.3, -0.25) is 14.4 Å². The molecule has 8 heteroatoms. The fourth-order valence-corrected chi connectivity index (χ4v) is 3.61. The molecule has 0 radical (unpaired) electrons. The van der Waals surface area contributed by atoms with Crippen molar-refractivity contribution in [1.82, 2.24) is 15.1 Å². The molecule has 0 unspecified atom stereocenters. The summed E-state index contributed by atoms with van der Waals surface area (Å²) < 4.78 is 10.5. The van der Waals surface area contributed by atoms with E-state index in [0.717, 1.165) is 5.56 Å². The lowest BCUT2D eigenvalue weighted by atomic mass is 10.1. The maximum absolute atomic E-state index is 12.6. The van der Waals surface area contributed by atoms with E-state index in [2.05, 4.69) is 5.32 Å². The third kappa shape index (κ3) is 6.00. The fraction of sp³-hybridized carbons (Fsp3) is 0.375. The van der Waals surface area contributed by atoms with Gasteiger partial charge in [-0.15, -0.1) is 0 Å². The number of piperazine rings is 1. The average molecular weight is 440 g/mol. The molecule has 1 aliphatic heterocycles. The normalized spacial score (nSPS) is 13.4. The predicted molar refractivity (Wildman–Crippen MR) is 120 cm³/mol. The van der Waals surface area contributed by atoms with Gasteiger partial charge in [0.05, 0.1) is 20.8 Å². The van der Waals surface area contributed by atoms with E-state index in [1.165, 1.54) is 0 Å². The molecule has 2 aromatic carbocycles. The second kappa shape index (κ2) is 11.2. The van der Waals surface area contributed by atoms with Crippen molar-refractivity contribution in [2.45, 2.75) is 12.8 Å². The van der Waals surface area contributed by atoms with Crippen LogP contribution in [0, 0.1) is 0 Å². The number of methoxy groups -OCH3 is 2. The molecule has 1 fully saturated rings. The lowest BCUT2D eigenvalue weighted by molar-refractivity contribution is -0.138. The van der Waals surface area contributed by atoms with E-state index < -0.39 is 0 Å². The largest absolute Gasteiger partial charge is 0.493 e. The molecule has 0 bridgehead atoms. The Balaban J connectivity index is 1.41. The smallest absolute Gasteiger partial charge is 0.251 e. The van der Waals surface area contributed by atoms with Crippen LogP contribution in [0.2, 0.25) is 0 Å². The molecule has 8 nitrogen and oxygen atoms in total. The van der Waals surface area contributed by atoms with Crippen molar-refractivity contribution in [3.8, 4) is 11.5 Å². The number of nitrogens with zero attached hydrogens (tertiary/aromatic N) is 2. The molecule has 170 valence electrons. The van der Waals surface area contributed by atoms with E-state index in [9.17, 15) is 14.4 Å². The summed E-state index contributed by atoms with van der Waals surface area (Å²) in [5.41, 5.74) is 1.52. The van der Waals surface area contributed by atoms with Gasteiger partial charge < -0.3 is 24.6 Å². The van der Waals surface area contributed by atoms with Crippen LogP contribution in [0.5, 0.6) is 11.5 Å². The maximum atomic E-state index is 12.6. The zero-order valence-electron chi connectivity index (χ0n) is 18.5. The number of carbonyl (C=O) groups excluding carboxylic acids is 3. The Morgan fingerprint density at radius 2 is 1.47 bits per heavy atom. The van der Waals surface area contributed by atoms with Crippen molar-refractivity contribution in [3.05, 3.63) is 59.7 Å². The molecule has 1 saturated heterocycles. The van der Waals surface area contributed by atoms with E-state index in [-0.39, 0.29) is 24.3 Å². The number of carbonyl (C=O) groups is 3. The zero-order valence-corrected chi connectivity index (χ0v) is 18.5. The highest BCUT2D eigenvalue weighted by Gasteiger charge is 2.24. The first kappa shape index (κ1) is 23.1. The van der Waals surface area contributed by atoms with E-state index in [0.29, 0.717) is 56.1 Å². The van der Waals surface area contributed by atoms with Gasteiger partial charge in [-0.25, -0.2) is 0 Å². The molecule has 1 heterocycles. The summed E-state index contributed by atoms with van der Waals surface area (Å²) in [4.78, 5) is 40.6. The number of amides is 3. The number of rotatable bonds is 8. The molecule has 1 N–H and O–H groups in total. The topological polar surface area (TPSA) is 88.2 Å². The van der Waals surface area contributed by atoms with Gasteiger partial charge in [0.15, 0.2) is 11.5 Å². The number of hydrogen-bond donors (Lipinski definition) is 1. The Morgan fingerprint density at radius 1 is 0.844 bits per heavy atom. The SMILES string of the molecule is COc1ccc(CCC(=O)N2CCN(C(=O)CNC(=O)c3ccccc3)CC2)cc1OC. The van der Waals surface area contributed by atoms with Crippen molar-refractivity contribution in [3.63, 3.8) is 0 Å². The third-order valence-electron chi connectivity index (χ3n) is 5.50.